The minimum absolute atomic E-state index is 0. The van der Waals surface area contributed by atoms with Gasteiger partial charge in [-0.25, -0.2) is 12.8 Å². The van der Waals surface area contributed by atoms with Crippen LogP contribution in [0, 0.1) is 5.82 Å². The molecular formula is C13H18Cl3FN2O3S. The number of methoxy groups -OCH3 is 1. The molecule has 2 N–H and O–H groups in total. The van der Waals surface area contributed by atoms with Gasteiger partial charge in [0.2, 0.25) is 10.0 Å². The number of sulfonamides is 1. The lowest BCUT2D eigenvalue weighted by atomic mass is 10.0. The van der Waals surface area contributed by atoms with E-state index in [-0.39, 0.29) is 41.5 Å². The average Bonchev–Trinajstić information content (AvgIpc) is 2.51. The SMILES string of the molecule is COC1CCN(S(=O)(=O)c2ccc(Cl)c(F)c2Cl)C(CN)C1.Cl. The van der Waals surface area contributed by atoms with Crippen molar-refractivity contribution in [2.75, 3.05) is 20.2 Å². The average molecular weight is 408 g/mol. The minimum atomic E-state index is -3.96. The molecule has 1 heterocycles. The van der Waals surface area contributed by atoms with E-state index in [4.69, 9.17) is 33.7 Å². The van der Waals surface area contributed by atoms with E-state index in [9.17, 15) is 12.8 Å². The Kier molecular flexibility index (Phi) is 7.53. The number of hydrogen-bond acceptors (Lipinski definition) is 4. The molecule has 0 amide bonds. The molecule has 1 aliphatic rings. The zero-order valence-corrected chi connectivity index (χ0v) is 15.5. The summed E-state index contributed by atoms with van der Waals surface area (Å²) in [5, 5.41) is -0.727. The number of rotatable bonds is 4. The molecule has 0 bridgehead atoms. The van der Waals surface area contributed by atoms with Gasteiger partial charge < -0.3 is 10.5 Å². The number of nitrogens with zero attached hydrogens (tertiary/aromatic N) is 1. The van der Waals surface area contributed by atoms with Crippen LogP contribution < -0.4 is 5.73 Å². The van der Waals surface area contributed by atoms with Crippen molar-refractivity contribution in [1.29, 1.82) is 0 Å². The molecule has 1 saturated heterocycles. The molecule has 1 aliphatic heterocycles. The molecule has 2 rings (SSSR count). The Morgan fingerprint density at radius 3 is 2.65 bits per heavy atom. The van der Waals surface area contributed by atoms with Crippen molar-refractivity contribution >= 4 is 45.6 Å². The molecule has 2 unspecified atom stereocenters. The van der Waals surface area contributed by atoms with E-state index in [1.165, 1.54) is 16.4 Å². The monoisotopic (exact) mass is 406 g/mol. The van der Waals surface area contributed by atoms with E-state index >= 15 is 0 Å². The largest absolute Gasteiger partial charge is 0.381 e. The predicted molar refractivity (Wildman–Crippen MR) is 90.4 cm³/mol. The molecule has 0 aliphatic carbocycles. The van der Waals surface area contributed by atoms with Gasteiger partial charge in [0.15, 0.2) is 5.82 Å². The van der Waals surface area contributed by atoms with Crippen molar-refractivity contribution in [2.45, 2.75) is 29.9 Å². The Hall–Kier alpha value is -0.150. The second-order valence-corrected chi connectivity index (χ2v) is 7.70. The minimum Gasteiger partial charge on any atom is -0.381 e. The van der Waals surface area contributed by atoms with Crippen LogP contribution in [-0.2, 0) is 14.8 Å². The normalized spacial score (nSPS) is 22.7. The van der Waals surface area contributed by atoms with E-state index in [2.05, 4.69) is 0 Å². The van der Waals surface area contributed by atoms with Gasteiger partial charge in [-0.1, -0.05) is 23.2 Å². The van der Waals surface area contributed by atoms with E-state index < -0.39 is 26.9 Å². The van der Waals surface area contributed by atoms with Crippen molar-refractivity contribution in [3.8, 4) is 0 Å². The number of ether oxygens (including phenoxy) is 1. The second kappa shape index (κ2) is 8.29. The summed E-state index contributed by atoms with van der Waals surface area (Å²) in [7, 11) is -2.38. The summed E-state index contributed by atoms with van der Waals surface area (Å²) in [5.41, 5.74) is 5.69. The van der Waals surface area contributed by atoms with E-state index in [0.717, 1.165) is 0 Å². The summed E-state index contributed by atoms with van der Waals surface area (Å²) >= 11 is 11.4. The maximum Gasteiger partial charge on any atom is 0.244 e. The maximum atomic E-state index is 13.8. The van der Waals surface area contributed by atoms with Crippen LogP contribution >= 0.6 is 35.6 Å². The van der Waals surface area contributed by atoms with Crippen molar-refractivity contribution in [3.63, 3.8) is 0 Å². The van der Waals surface area contributed by atoms with Crippen molar-refractivity contribution in [3.05, 3.63) is 28.0 Å². The molecule has 23 heavy (non-hydrogen) atoms. The molecule has 1 aromatic carbocycles. The Morgan fingerprint density at radius 2 is 2.09 bits per heavy atom. The van der Waals surface area contributed by atoms with Crippen LogP contribution in [0.15, 0.2) is 17.0 Å². The fraction of sp³-hybridized carbons (Fsp3) is 0.538. The zero-order chi connectivity index (χ0) is 16.5. The van der Waals surface area contributed by atoms with Crippen molar-refractivity contribution in [1.82, 2.24) is 4.31 Å². The number of halogens is 4. The van der Waals surface area contributed by atoms with Crippen LogP contribution in [0.4, 0.5) is 4.39 Å². The first-order valence-electron chi connectivity index (χ1n) is 6.71. The summed E-state index contributed by atoms with van der Waals surface area (Å²) in [6, 6.07) is 1.96. The number of benzene rings is 1. The Labute approximate surface area is 151 Å². The molecule has 1 fully saturated rings. The fourth-order valence-electron chi connectivity index (χ4n) is 2.57. The van der Waals surface area contributed by atoms with Gasteiger partial charge in [0.05, 0.1) is 16.1 Å². The Balaban J connectivity index is 0.00000264. The molecule has 2 atom stereocenters. The summed E-state index contributed by atoms with van der Waals surface area (Å²) in [6.45, 7) is 0.385. The van der Waals surface area contributed by atoms with Gasteiger partial charge >= 0.3 is 0 Å². The molecular weight excluding hydrogens is 390 g/mol. The van der Waals surface area contributed by atoms with Gasteiger partial charge in [-0.2, -0.15) is 4.31 Å². The highest BCUT2D eigenvalue weighted by molar-refractivity contribution is 7.89. The van der Waals surface area contributed by atoms with Gasteiger partial charge in [-0.15, -0.1) is 12.4 Å². The summed E-state index contributed by atoms with van der Waals surface area (Å²) < 4.78 is 45.9. The smallest absolute Gasteiger partial charge is 0.244 e. The summed E-state index contributed by atoms with van der Waals surface area (Å²) in [4.78, 5) is -0.301. The first kappa shape index (κ1) is 20.9. The lowest BCUT2D eigenvalue weighted by molar-refractivity contribution is 0.0401. The zero-order valence-electron chi connectivity index (χ0n) is 12.3. The molecule has 0 saturated carbocycles. The third-order valence-corrected chi connectivity index (χ3v) is 6.57. The summed E-state index contributed by atoms with van der Waals surface area (Å²) in [5.74, 6) is -0.944. The molecule has 10 heteroatoms. The van der Waals surface area contributed by atoms with Crippen molar-refractivity contribution < 1.29 is 17.5 Å². The first-order chi connectivity index (χ1) is 10.3. The Morgan fingerprint density at radius 1 is 1.43 bits per heavy atom. The van der Waals surface area contributed by atoms with Crippen LogP contribution in [0.2, 0.25) is 10.0 Å². The highest BCUT2D eigenvalue weighted by Crippen LogP contribution is 2.33. The van der Waals surface area contributed by atoms with E-state index in [1.54, 1.807) is 7.11 Å². The lowest BCUT2D eigenvalue weighted by Crippen LogP contribution is -2.51. The van der Waals surface area contributed by atoms with Crippen LogP contribution in [0.5, 0.6) is 0 Å². The Bertz CT molecular complexity index is 660. The van der Waals surface area contributed by atoms with E-state index in [1.807, 2.05) is 0 Å². The molecule has 0 spiro atoms. The molecule has 1 aromatic rings. The van der Waals surface area contributed by atoms with Crippen LogP contribution in [-0.4, -0.2) is 45.1 Å². The van der Waals surface area contributed by atoms with Gasteiger partial charge in [-0.05, 0) is 25.0 Å². The molecule has 0 radical (unpaired) electrons. The topological polar surface area (TPSA) is 72.6 Å². The quantitative estimate of drug-likeness (QED) is 0.779. The molecule has 0 aromatic heterocycles. The third-order valence-electron chi connectivity index (χ3n) is 3.81. The van der Waals surface area contributed by atoms with Gasteiger partial charge in [0.1, 0.15) is 4.90 Å². The highest BCUT2D eigenvalue weighted by atomic mass is 35.5. The van der Waals surface area contributed by atoms with Gasteiger partial charge in [-0.3, -0.25) is 0 Å². The standard InChI is InChI=1S/C13H17Cl2FN2O3S.ClH/c1-21-9-4-5-18(8(6-9)7-17)22(19,20)11-3-2-10(14)13(16)12(11)15;/h2-3,8-9H,4-7,17H2,1H3;1H. The summed E-state index contributed by atoms with van der Waals surface area (Å²) in [6.07, 6.45) is 0.984. The van der Waals surface area contributed by atoms with Gasteiger partial charge in [0, 0.05) is 26.2 Å². The number of nitrogens with two attached hydrogens (primary N) is 1. The maximum absolute atomic E-state index is 13.8. The van der Waals surface area contributed by atoms with Crippen molar-refractivity contribution in [2.24, 2.45) is 5.73 Å². The molecule has 132 valence electrons. The van der Waals surface area contributed by atoms with Gasteiger partial charge in [0.25, 0.3) is 0 Å². The second-order valence-electron chi connectivity index (χ2n) is 5.06. The van der Waals surface area contributed by atoms with Crippen LogP contribution in [0.25, 0.3) is 0 Å². The van der Waals surface area contributed by atoms with Crippen LogP contribution in [0.3, 0.4) is 0 Å². The third kappa shape index (κ3) is 4.10. The predicted octanol–water partition coefficient (Wildman–Crippen LogP) is 2.68. The first-order valence-corrected chi connectivity index (χ1v) is 8.90. The van der Waals surface area contributed by atoms with Crippen LogP contribution in [0.1, 0.15) is 12.8 Å². The fourth-order valence-corrected chi connectivity index (χ4v) is 4.95. The number of piperidine rings is 1. The van der Waals surface area contributed by atoms with E-state index in [0.29, 0.717) is 12.8 Å². The number of hydrogen-bond donors (Lipinski definition) is 1. The molecule has 5 nitrogen and oxygen atoms in total. The lowest BCUT2D eigenvalue weighted by Gasteiger charge is -2.37. The highest BCUT2D eigenvalue weighted by Gasteiger charge is 2.37.